The molecule has 0 aliphatic heterocycles. The standard InChI is InChI=1S/C14H18N2O2S/c1-11(12-5-3-2-4-6-12)16-9-13(17)10-18-14-15-7-8-19-14/h2-8,11,13,16-17H,9-10H2,1H3. The van der Waals surface area contributed by atoms with Crippen molar-refractivity contribution in [2.75, 3.05) is 13.2 Å². The van der Waals surface area contributed by atoms with Gasteiger partial charge in [0.25, 0.3) is 5.19 Å². The Morgan fingerprint density at radius 2 is 2.16 bits per heavy atom. The topological polar surface area (TPSA) is 54.4 Å². The van der Waals surface area contributed by atoms with Crippen molar-refractivity contribution in [2.24, 2.45) is 0 Å². The molecule has 0 saturated carbocycles. The zero-order valence-electron chi connectivity index (χ0n) is 10.8. The maximum atomic E-state index is 9.83. The van der Waals surface area contributed by atoms with Gasteiger partial charge in [-0.2, -0.15) is 0 Å². The van der Waals surface area contributed by atoms with Crippen LogP contribution in [0, 0.1) is 0 Å². The molecule has 19 heavy (non-hydrogen) atoms. The van der Waals surface area contributed by atoms with Gasteiger partial charge >= 0.3 is 0 Å². The number of hydrogen-bond acceptors (Lipinski definition) is 5. The molecule has 0 amide bonds. The summed E-state index contributed by atoms with van der Waals surface area (Å²) in [7, 11) is 0. The predicted molar refractivity (Wildman–Crippen MR) is 76.5 cm³/mol. The van der Waals surface area contributed by atoms with E-state index < -0.39 is 6.10 Å². The average molecular weight is 278 g/mol. The molecule has 0 aliphatic carbocycles. The summed E-state index contributed by atoms with van der Waals surface area (Å²) in [5, 5.41) is 15.6. The Kier molecular flexibility index (Phi) is 5.32. The molecule has 2 N–H and O–H groups in total. The van der Waals surface area contributed by atoms with E-state index >= 15 is 0 Å². The van der Waals surface area contributed by atoms with Gasteiger partial charge in [-0.1, -0.05) is 41.7 Å². The number of benzene rings is 1. The van der Waals surface area contributed by atoms with E-state index in [1.165, 1.54) is 16.9 Å². The fourth-order valence-corrected chi connectivity index (χ4v) is 2.18. The molecule has 2 atom stereocenters. The summed E-state index contributed by atoms with van der Waals surface area (Å²) in [6.45, 7) is 2.81. The van der Waals surface area contributed by atoms with Crippen LogP contribution in [0.5, 0.6) is 5.19 Å². The minimum absolute atomic E-state index is 0.204. The third-order valence-corrected chi connectivity index (χ3v) is 3.45. The molecule has 0 aliphatic rings. The second-order valence-electron chi connectivity index (χ2n) is 4.30. The van der Waals surface area contributed by atoms with Crippen LogP contribution in [0.3, 0.4) is 0 Å². The van der Waals surface area contributed by atoms with Crippen molar-refractivity contribution in [3.05, 3.63) is 47.5 Å². The number of ether oxygens (including phenoxy) is 1. The van der Waals surface area contributed by atoms with Gasteiger partial charge in [0.2, 0.25) is 0 Å². The van der Waals surface area contributed by atoms with E-state index in [-0.39, 0.29) is 12.6 Å². The van der Waals surface area contributed by atoms with E-state index in [0.717, 1.165) is 0 Å². The van der Waals surface area contributed by atoms with Crippen LogP contribution in [0.2, 0.25) is 0 Å². The summed E-state index contributed by atoms with van der Waals surface area (Å²) in [4.78, 5) is 4.00. The highest BCUT2D eigenvalue weighted by atomic mass is 32.1. The average Bonchev–Trinajstić information content (AvgIpc) is 2.96. The van der Waals surface area contributed by atoms with Gasteiger partial charge in [0.1, 0.15) is 12.7 Å². The van der Waals surface area contributed by atoms with Crippen molar-refractivity contribution < 1.29 is 9.84 Å². The maximum absolute atomic E-state index is 9.83. The van der Waals surface area contributed by atoms with Crippen LogP contribution in [0.25, 0.3) is 0 Å². The molecule has 0 bridgehead atoms. The minimum Gasteiger partial charge on any atom is -0.467 e. The summed E-state index contributed by atoms with van der Waals surface area (Å²) in [6.07, 6.45) is 1.14. The predicted octanol–water partition coefficient (Wildman–Crippen LogP) is 2.23. The zero-order valence-corrected chi connectivity index (χ0v) is 11.6. The molecule has 0 radical (unpaired) electrons. The van der Waals surface area contributed by atoms with Gasteiger partial charge in [-0.15, -0.1) is 0 Å². The van der Waals surface area contributed by atoms with Crippen molar-refractivity contribution in [3.63, 3.8) is 0 Å². The normalized spacial score (nSPS) is 14.0. The quantitative estimate of drug-likeness (QED) is 0.815. The zero-order chi connectivity index (χ0) is 13.5. The van der Waals surface area contributed by atoms with Gasteiger partial charge in [0, 0.05) is 24.2 Å². The number of thiazole rings is 1. The van der Waals surface area contributed by atoms with Crippen molar-refractivity contribution in [3.8, 4) is 5.19 Å². The Hall–Kier alpha value is -1.43. The van der Waals surface area contributed by atoms with Crippen LogP contribution in [-0.4, -0.2) is 29.3 Å². The van der Waals surface area contributed by atoms with Gasteiger partial charge in [0.15, 0.2) is 0 Å². The second kappa shape index (κ2) is 7.23. The molecule has 5 heteroatoms. The molecule has 1 heterocycles. The monoisotopic (exact) mass is 278 g/mol. The highest BCUT2D eigenvalue weighted by molar-refractivity contribution is 7.11. The summed E-state index contributed by atoms with van der Waals surface area (Å²) in [5.41, 5.74) is 1.20. The van der Waals surface area contributed by atoms with Crippen LogP contribution < -0.4 is 10.1 Å². The van der Waals surface area contributed by atoms with E-state index in [1.54, 1.807) is 6.20 Å². The molecule has 2 unspecified atom stereocenters. The van der Waals surface area contributed by atoms with Gasteiger partial charge in [-0.3, -0.25) is 0 Å². The molecule has 0 fully saturated rings. The maximum Gasteiger partial charge on any atom is 0.273 e. The van der Waals surface area contributed by atoms with Crippen LogP contribution in [0.4, 0.5) is 0 Å². The lowest BCUT2D eigenvalue weighted by Gasteiger charge is -2.17. The third-order valence-electron chi connectivity index (χ3n) is 2.77. The van der Waals surface area contributed by atoms with E-state index in [9.17, 15) is 5.11 Å². The van der Waals surface area contributed by atoms with Crippen molar-refractivity contribution in [1.29, 1.82) is 0 Å². The summed E-state index contributed by atoms with van der Waals surface area (Å²) in [6, 6.07) is 10.3. The lowest BCUT2D eigenvalue weighted by Crippen LogP contribution is -2.33. The molecule has 1 aromatic carbocycles. The van der Waals surface area contributed by atoms with E-state index in [2.05, 4.69) is 29.4 Å². The van der Waals surface area contributed by atoms with Crippen LogP contribution >= 0.6 is 11.3 Å². The fourth-order valence-electron chi connectivity index (χ4n) is 1.68. The smallest absolute Gasteiger partial charge is 0.273 e. The Morgan fingerprint density at radius 1 is 1.37 bits per heavy atom. The number of aromatic nitrogens is 1. The molecule has 102 valence electrons. The molecular weight excluding hydrogens is 260 g/mol. The molecule has 4 nitrogen and oxygen atoms in total. The lowest BCUT2D eigenvalue weighted by atomic mass is 10.1. The molecular formula is C14H18N2O2S. The first-order chi connectivity index (χ1) is 9.25. The number of aliphatic hydroxyl groups excluding tert-OH is 1. The first-order valence-electron chi connectivity index (χ1n) is 6.24. The van der Waals surface area contributed by atoms with Gasteiger partial charge < -0.3 is 15.2 Å². The third kappa shape index (κ3) is 4.63. The summed E-state index contributed by atoms with van der Waals surface area (Å²) in [5.74, 6) is 0. The Morgan fingerprint density at radius 3 is 2.84 bits per heavy atom. The number of rotatable bonds is 7. The number of aliphatic hydroxyl groups is 1. The first-order valence-corrected chi connectivity index (χ1v) is 7.12. The number of nitrogens with one attached hydrogen (secondary N) is 1. The highest BCUT2D eigenvalue weighted by Gasteiger charge is 2.09. The van der Waals surface area contributed by atoms with E-state index in [4.69, 9.17) is 4.74 Å². The SMILES string of the molecule is CC(NCC(O)COc1nccs1)c1ccccc1. The molecule has 0 spiro atoms. The molecule has 1 aromatic heterocycles. The van der Waals surface area contributed by atoms with Gasteiger partial charge in [-0.05, 0) is 12.5 Å². The summed E-state index contributed by atoms with van der Waals surface area (Å²) >= 11 is 1.42. The van der Waals surface area contributed by atoms with Crippen molar-refractivity contribution in [1.82, 2.24) is 10.3 Å². The van der Waals surface area contributed by atoms with Crippen LogP contribution in [0.1, 0.15) is 18.5 Å². The van der Waals surface area contributed by atoms with Crippen molar-refractivity contribution in [2.45, 2.75) is 19.1 Å². The minimum atomic E-state index is -0.546. The fraction of sp³-hybridized carbons (Fsp3) is 0.357. The van der Waals surface area contributed by atoms with E-state index in [0.29, 0.717) is 11.7 Å². The van der Waals surface area contributed by atoms with E-state index in [1.807, 2.05) is 23.6 Å². The van der Waals surface area contributed by atoms with Gasteiger partial charge in [0.05, 0.1) is 0 Å². The molecule has 0 saturated heterocycles. The summed E-state index contributed by atoms with van der Waals surface area (Å²) < 4.78 is 5.36. The van der Waals surface area contributed by atoms with Crippen LogP contribution in [-0.2, 0) is 0 Å². The lowest BCUT2D eigenvalue weighted by molar-refractivity contribution is 0.104. The Bertz CT molecular complexity index is 462. The Balaban J connectivity index is 1.70. The highest BCUT2D eigenvalue weighted by Crippen LogP contribution is 2.14. The Labute approximate surface area is 117 Å². The van der Waals surface area contributed by atoms with Crippen LogP contribution in [0.15, 0.2) is 41.9 Å². The molecule has 2 aromatic rings. The van der Waals surface area contributed by atoms with Gasteiger partial charge in [-0.25, -0.2) is 4.98 Å². The number of nitrogens with zero attached hydrogens (tertiary/aromatic N) is 1. The van der Waals surface area contributed by atoms with Crippen molar-refractivity contribution >= 4 is 11.3 Å². The largest absolute Gasteiger partial charge is 0.467 e. The number of hydrogen-bond donors (Lipinski definition) is 2. The second-order valence-corrected chi connectivity index (χ2v) is 5.16. The first kappa shape index (κ1) is 14.0. The molecule has 2 rings (SSSR count).